The largest absolute Gasteiger partial charge is 0.459 e. The Kier molecular flexibility index (Phi) is 21.6. The average molecular weight is 901 g/mol. The van der Waals surface area contributed by atoms with E-state index in [-0.39, 0.29) is 38.2 Å². The molecule has 18 nitrogen and oxygen atoms in total. The van der Waals surface area contributed by atoms with Gasteiger partial charge in [0.1, 0.15) is 29.5 Å². The molecule has 0 radical (unpaired) electrons. The van der Waals surface area contributed by atoms with Crippen LogP contribution < -0.4 is 10.6 Å². The molecule has 3 aliphatic heterocycles. The molecule has 0 saturated carbocycles. The van der Waals surface area contributed by atoms with Crippen molar-refractivity contribution in [1.82, 2.24) is 15.5 Å². The highest BCUT2D eigenvalue weighted by atomic mass is 16.7. The summed E-state index contributed by atoms with van der Waals surface area (Å²) < 4.78 is 50.5. The number of nitrogens with zero attached hydrogens (tertiary/aromatic N) is 2. The van der Waals surface area contributed by atoms with Crippen molar-refractivity contribution in [3.8, 4) is 6.07 Å². The van der Waals surface area contributed by atoms with Gasteiger partial charge in [0, 0.05) is 58.0 Å². The predicted molar refractivity (Wildman–Crippen MR) is 231 cm³/mol. The number of hydrogen-bond acceptors (Lipinski definition) is 17. The van der Waals surface area contributed by atoms with E-state index in [1.54, 1.807) is 41.5 Å². The van der Waals surface area contributed by atoms with Gasteiger partial charge in [0.2, 0.25) is 5.91 Å². The quantitative estimate of drug-likeness (QED) is 0.111. The molecule has 18 heteroatoms. The zero-order valence-electron chi connectivity index (χ0n) is 40.0. The first-order chi connectivity index (χ1) is 29.6. The van der Waals surface area contributed by atoms with E-state index in [0.29, 0.717) is 19.5 Å². The van der Waals surface area contributed by atoms with Crippen LogP contribution in [0.5, 0.6) is 0 Å². The lowest BCUT2D eigenvalue weighted by Gasteiger charge is -2.48. The minimum atomic E-state index is -1.98. The number of methoxy groups -OCH3 is 2. The molecule has 0 aromatic heterocycles. The van der Waals surface area contributed by atoms with Crippen LogP contribution in [-0.4, -0.2) is 169 Å². The molecule has 0 aliphatic carbocycles. The summed E-state index contributed by atoms with van der Waals surface area (Å²) >= 11 is 0. The molecule has 3 fully saturated rings. The summed E-state index contributed by atoms with van der Waals surface area (Å²) in [5.74, 6) is -4.16. The monoisotopic (exact) mass is 901 g/mol. The Hall–Kier alpha value is -2.54. The summed E-state index contributed by atoms with van der Waals surface area (Å²) in [5, 5.41) is 50.0. The van der Waals surface area contributed by atoms with Crippen LogP contribution in [0.1, 0.15) is 115 Å². The van der Waals surface area contributed by atoms with Crippen molar-refractivity contribution in [2.45, 2.75) is 205 Å². The molecular formula is C45H80N4O14. The molecule has 18 atom stereocenters. The van der Waals surface area contributed by atoms with E-state index >= 15 is 0 Å². The van der Waals surface area contributed by atoms with Gasteiger partial charge in [-0.1, -0.05) is 34.6 Å². The Labute approximate surface area is 375 Å². The van der Waals surface area contributed by atoms with Gasteiger partial charge in [0.15, 0.2) is 18.7 Å². The van der Waals surface area contributed by atoms with E-state index in [1.165, 1.54) is 21.1 Å². The van der Waals surface area contributed by atoms with Crippen LogP contribution in [0.15, 0.2) is 0 Å². The van der Waals surface area contributed by atoms with Crippen LogP contribution in [0, 0.1) is 29.1 Å². The zero-order chi connectivity index (χ0) is 47.4. The molecule has 0 aromatic rings. The Bertz CT molecular complexity index is 1480. The van der Waals surface area contributed by atoms with E-state index in [0.717, 1.165) is 13.1 Å². The van der Waals surface area contributed by atoms with Crippen LogP contribution in [0.4, 0.5) is 0 Å². The number of carbonyl (C=O) groups excluding carboxylic acids is 3. The fourth-order valence-corrected chi connectivity index (χ4v) is 9.20. The molecule has 364 valence electrons. The van der Waals surface area contributed by atoms with Gasteiger partial charge in [-0.25, -0.2) is 0 Å². The molecule has 0 spiro atoms. The normalized spacial score (nSPS) is 41.1. The van der Waals surface area contributed by atoms with E-state index in [1.807, 2.05) is 27.7 Å². The van der Waals surface area contributed by atoms with Gasteiger partial charge in [0.05, 0.1) is 55.0 Å². The third-order valence-electron chi connectivity index (χ3n) is 13.4. The van der Waals surface area contributed by atoms with Crippen molar-refractivity contribution in [2.24, 2.45) is 17.8 Å². The Morgan fingerprint density at radius 3 is 2.25 bits per heavy atom. The van der Waals surface area contributed by atoms with Crippen LogP contribution in [0.2, 0.25) is 0 Å². The van der Waals surface area contributed by atoms with Crippen molar-refractivity contribution in [2.75, 3.05) is 40.4 Å². The first-order valence-electron chi connectivity index (χ1n) is 22.9. The number of cyclic esters (lactones) is 1. The molecule has 0 unspecified atom stereocenters. The number of nitrogens with one attached hydrogen (secondary N) is 2. The fraction of sp³-hybridized carbons (Fsp3) is 0.911. The Balaban J connectivity index is 2.12. The maximum atomic E-state index is 14.4. The van der Waals surface area contributed by atoms with Crippen LogP contribution in [0.3, 0.4) is 0 Å². The molecule has 0 bridgehead atoms. The van der Waals surface area contributed by atoms with Gasteiger partial charge in [0.25, 0.3) is 0 Å². The molecule has 1 amide bonds. The van der Waals surface area contributed by atoms with Crippen molar-refractivity contribution >= 4 is 17.8 Å². The smallest absolute Gasteiger partial charge is 0.311 e. The van der Waals surface area contributed by atoms with E-state index in [2.05, 4.69) is 21.6 Å². The highest BCUT2D eigenvalue weighted by Crippen LogP contribution is 2.39. The van der Waals surface area contributed by atoms with E-state index in [4.69, 9.17) is 43.2 Å². The topological polar surface area (TPSA) is 237 Å². The zero-order valence-corrected chi connectivity index (χ0v) is 40.0. The number of carbonyl (C=O) groups is 3. The van der Waals surface area contributed by atoms with E-state index < -0.39 is 120 Å². The van der Waals surface area contributed by atoms with Crippen molar-refractivity contribution < 1.29 is 67.6 Å². The van der Waals surface area contributed by atoms with Gasteiger partial charge in [-0.3, -0.25) is 14.4 Å². The molecule has 3 heterocycles. The fourth-order valence-electron chi connectivity index (χ4n) is 9.20. The highest BCUT2D eigenvalue weighted by molar-refractivity contribution is 5.78. The molecule has 3 saturated heterocycles. The molecule has 0 aromatic carbocycles. The number of amides is 1. The number of rotatable bonds is 16. The molecule has 3 aliphatic rings. The number of ether oxygens (including phenoxy) is 8. The molecule has 63 heavy (non-hydrogen) atoms. The van der Waals surface area contributed by atoms with Crippen molar-refractivity contribution in [1.29, 1.82) is 5.26 Å². The molecule has 3 rings (SSSR count). The average Bonchev–Trinajstić information content (AvgIpc) is 3.24. The van der Waals surface area contributed by atoms with Gasteiger partial charge < -0.3 is 68.7 Å². The lowest BCUT2D eigenvalue weighted by molar-refractivity contribution is -0.312. The second-order valence-corrected chi connectivity index (χ2v) is 18.3. The van der Waals surface area contributed by atoms with Crippen LogP contribution in [-0.2, 0) is 52.3 Å². The summed E-state index contributed by atoms with van der Waals surface area (Å²) in [6.45, 7) is 21.7. The second-order valence-electron chi connectivity index (χ2n) is 18.3. The summed E-state index contributed by atoms with van der Waals surface area (Å²) in [4.78, 5) is 43.5. The summed E-state index contributed by atoms with van der Waals surface area (Å²) in [5.41, 5.74) is -3.07. The number of esters is 2. The SMILES string of the molecule is CC[C@H]1OC(=O)[C@H](C)[C@@H](O[C@H]2C[C@@](C)(OC)[C@@H](OC(=O)CCN(CC)CC)[C@H](C)O2)[C@H](C)[C@@H](O[C@@H]2O[C@H](C)C[C@H](NCCC#N)[C@H]2O)[C@H](OC)C[C@@H](C)C(=O)N[C@H](C)[C@H](O)[C@]1(C)O. The minimum Gasteiger partial charge on any atom is -0.459 e. The standard InChI is InChI=1S/C45H80N4O14/c1-14-33-45(11,55)39(52)29(8)48-41(53)25(4)22-32(56-12)38(63-43-36(51)31(23-26(5)58-43)47-20-17-19-46)27(6)37(28(7)42(54)60-33)62-35-24-44(10,57-13)40(30(9)59-35)61-34(50)18-21-49(15-2)16-3/h25-33,35-40,43,47,51-52,55H,14-18,20-24H2,1-13H3,(H,48,53)/t25-,26-,27+,28-,29-,30+,31+,32-,33-,35+,36-,37+,38-,39+,40+,43+,44-,45-/m1/s1. The number of nitriles is 1. The third-order valence-corrected chi connectivity index (χ3v) is 13.4. The number of aliphatic hydroxyl groups is 3. The lowest BCUT2D eigenvalue weighted by atomic mass is 9.83. The Morgan fingerprint density at radius 1 is 1.00 bits per heavy atom. The second kappa shape index (κ2) is 24.8. The number of hydrogen-bond donors (Lipinski definition) is 5. The maximum Gasteiger partial charge on any atom is 0.311 e. The van der Waals surface area contributed by atoms with Crippen molar-refractivity contribution in [3.63, 3.8) is 0 Å². The van der Waals surface area contributed by atoms with Gasteiger partial charge in [-0.05, 0) is 73.9 Å². The van der Waals surface area contributed by atoms with Gasteiger partial charge >= 0.3 is 11.9 Å². The summed E-state index contributed by atoms with van der Waals surface area (Å²) in [6, 6.07) is 0.675. The predicted octanol–water partition coefficient (Wildman–Crippen LogP) is 2.57. The third kappa shape index (κ3) is 14.2. The first-order valence-corrected chi connectivity index (χ1v) is 22.9. The summed E-state index contributed by atoms with van der Waals surface area (Å²) in [7, 11) is 3.00. The molecular weight excluding hydrogens is 821 g/mol. The van der Waals surface area contributed by atoms with Crippen LogP contribution in [0.25, 0.3) is 0 Å². The summed E-state index contributed by atoms with van der Waals surface area (Å²) in [6.07, 6.45) is -9.83. The maximum absolute atomic E-state index is 14.4. The van der Waals surface area contributed by atoms with Gasteiger partial charge in [-0.2, -0.15) is 5.26 Å². The van der Waals surface area contributed by atoms with Gasteiger partial charge in [-0.15, -0.1) is 0 Å². The van der Waals surface area contributed by atoms with E-state index in [9.17, 15) is 29.7 Å². The van der Waals surface area contributed by atoms with Crippen LogP contribution >= 0.6 is 0 Å². The number of aliphatic hydroxyl groups excluding tert-OH is 2. The first kappa shape index (κ1) is 54.8. The van der Waals surface area contributed by atoms with Crippen molar-refractivity contribution in [3.05, 3.63) is 0 Å². The highest BCUT2D eigenvalue weighted by Gasteiger charge is 2.52. The lowest BCUT2D eigenvalue weighted by Crippen LogP contribution is -2.60. The minimum absolute atomic E-state index is 0.0810. The molecule has 5 N–H and O–H groups in total. The Morgan fingerprint density at radius 2 is 1.67 bits per heavy atom.